The molecule has 1 N–H and O–H groups in total. The summed E-state index contributed by atoms with van der Waals surface area (Å²) in [5.74, 6) is 0.386. The molecule has 6 nitrogen and oxygen atoms in total. The Balaban J connectivity index is 0.000000158. The molecule has 2 aromatic heterocycles. The molecule has 4 aromatic rings. The molecular formula is C24H28N4O2. The predicted octanol–water partition coefficient (Wildman–Crippen LogP) is 4.57. The molecular weight excluding hydrogens is 376 g/mol. The van der Waals surface area contributed by atoms with Crippen LogP contribution in [-0.2, 0) is 14.1 Å². The summed E-state index contributed by atoms with van der Waals surface area (Å²) in [6, 6.07) is 15.8. The maximum atomic E-state index is 10.6. The summed E-state index contributed by atoms with van der Waals surface area (Å²) in [6.07, 6.45) is 6.43. The number of carbonyl (C=O) groups excluding carboxylic acids is 1. The number of para-hydroxylation sites is 2. The Morgan fingerprint density at radius 2 is 1.47 bits per heavy atom. The Labute approximate surface area is 176 Å². The lowest BCUT2D eigenvalue weighted by atomic mass is 9.83. The predicted molar refractivity (Wildman–Crippen MR) is 118 cm³/mol. The molecule has 1 aliphatic carbocycles. The van der Waals surface area contributed by atoms with Crippen LogP contribution >= 0.6 is 0 Å². The molecule has 0 spiro atoms. The molecule has 0 aliphatic heterocycles. The first-order chi connectivity index (χ1) is 14.6. The van der Waals surface area contributed by atoms with Crippen LogP contribution in [-0.4, -0.2) is 31.0 Å². The van der Waals surface area contributed by atoms with E-state index in [1.54, 1.807) is 4.68 Å². The second kappa shape index (κ2) is 8.79. The lowest BCUT2D eigenvalue weighted by molar-refractivity contribution is 0.0818. The summed E-state index contributed by atoms with van der Waals surface area (Å²) in [6.45, 7) is 0. The fraction of sp³-hybridized carbons (Fsp3) is 0.375. The van der Waals surface area contributed by atoms with Crippen LogP contribution in [0.15, 0.2) is 48.5 Å². The van der Waals surface area contributed by atoms with Crippen molar-refractivity contribution >= 4 is 28.1 Å². The van der Waals surface area contributed by atoms with Crippen molar-refractivity contribution in [1.29, 1.82) is 0 Å². The van der Waals surface area contributed by atoms with Gasteiger partial charge in [0.2, 0.25) is 0 Å². The fourth-order valence-electron chi connectivity index (χ4n) is 4.46. The highest BCUT2D eigenvalue weighted by Crippen LogP contribution is 2.36. The van der Waals surface area contributed by atoms with Crippen molar-refractivity contribution in [3.05, 3.63) is 59.9 Å². The summed E-state index contributed by atoms with van der Waals surface area (Å²) in [5.41, 5.74) is 3.45. The number of aliphatic hydroxyl groups is 1. The van der Waals surface area contributed by atoms with Gasteiger partial charge in [0.05, 0.1) is 16.7 Å². The number of nitrogens with zero attached hydrogens (tertiary/aromatic N) is 4. The first-order valence-corrected chi connectivity index (χ1v) is 10.6. The van der Waals surface area contributed by atoms with Crippen LogP contribution in [0.5, 0.6) is 0 Å². The number of hydrogen-bond acceptors (Lipinski definition) is 4. The van der Waals surface area contributed by atoms with Gasteiger partial charge in [-0.05, 0) is 30.9 Å². The maximum Gasteiger partial charge on any atom is 0.170 e. The van der Waals surface area contributed by atoms with E-state index in [1.165, 1.54) is 19.3 Å². The van der Waals surface area contributed by atoms with Gasteiger partial charge in [0.15, 0.2) is 6.29 Å². The maximum absolute atomic E-state index is 10.6. The summed E-state index contributed by atoms with van der Waals surface area (Å²) in [4.78, 5) is 10.6. The quantitative estimate of drug-likeness (QED) is 0.508. The third-order valence-corrected chi connectivity index (χ3v) is 6.06. The van der Waals surface area contributed by atoms with E-state index in [0.717, 1.165) is 46.6 Å². The van der Waals surface area contributed by atoms with Gasteiger partial charge in [-0.15, -0.1) is 0 Å². The molecule has 0 saturated heterocycles. The average Bonchev–Trinajstić information content (AvgIpc) is 3.31. The van der Waals surface area contributed by atoms with E-state index in [-0.39, 0.29) is 0 Å². The van der Waals surface area contributed by atoms with E-state index in [9.17, 15) is 9.90 Å². The molecule has 156 valence electrons. The van der Waals surface area contributed by atoms with Gasteiger partial charge in [0.25, 0.3) is 0 Å². The van der Waals surface area contributed by atoms with Crippen molar-refractivity contribution in [2.24, 2.45) is 20.0 Å². The Bertz CT molecular complexity index is 1150. The minimum absolute atomic E-state index is 0.386. The molecule has 30 heavy (non-hydrogen) atoms. The van der Waals surface area contributed by atoms with Crippen LogP contribution in [0.3, 0.4) is 0 Å². The molecule has 1 atom stereocenters. The summed E-state index contributed by atoms with van der Waals surface area (Å²) < 4.78 is 3.58. The van der Waals surface area contributed by atoms with Gasteiger partial charge in [-0.25, -0.2) is 0 Å². The molecule has 0 bridgehead atoms. The molecule has 0 amide bonds. The van der Waals surface area contributed by atoms with Crippen molar-refractivity contribution in [2.75, 3.05) is 0 Å². The fourth-order valence-corrected chi connectivity index (χ4v) is 4.46. The smallest absolute Gasteiger partial charge is 0.170 e. The molecule has 2 aromatic carbocycles. The summed E-state index contributed by atoms with van der Waals surface area (Å²) in [7, 11) is 3.77. The molecule has 2 heterocycles. The molecule has 1 aliphatic rings. The number of aryl methyl sites for hydroxylation is 2. The number of fused-ring (bicyclic) bond motifs is 2. The Kier molecular flexibility index (Phi) is 5.95. The highest BCUT2D eigenvalue weighted by molar-refractivity contribution is 5.95. The SMILES string of the molecule is Cn1nc(C(O)C2CCCCC2)c2ccccc21.Cn1nc(C=O)c2ccccc21. The van der Waals surface area contributed by atoms with Gasteiger partial charge < -0.3 is 5.11 Å². The van der Waals surface area contributed by atoms with Gasteiger partial charge >= 0.3 is 0 Å². The lowest BCUT2D eigenvalue weighted by Gasteiger charge is -2.25. The zero-order valence-electron chi connectivity index (χ0n) is 17.5. The second-order valence-electron chi connectivity index (χ2n) is 8.01. The second-order valence-corrected chi connectivity index (χ2v) is 8.01. The van der Waals surface area contributed by atoms with E-state index < -0.39 is 6.10 Å². The normalized spacial score (nSPS) is 15.7. The van der Waals surface area contributed by atoms with E-state index >= 15 is 0 Å². The van der Waals surface area contributed by atoms with E-state index in [2.05, 4.69) is 22.3 Å². The number of hydrogen-bond donors (Lipinski definition) is 1. The topological polar surface area (TPSA) is 72.9 Å². The van der Waals surface area contributed by atoms with Gasteiger partial charge in [0, 0.05) is 24.9 Å². The summed E-state index contributed by atoms with van der Waals surface area (Å²) >= 11 is 0. The minimum atomic E-state index is -0.406. The third-order valence-electron chi connectivity index (χ3n) is 6.06. The van der Waals surface area contributed by atoms with Crippen molar-refractivity contribution < 1.29 is 9.90 Å². The van der Waals surface area contributed by atoms with Crippen LogP contribution in [0, 0.1) is 5.92 Å². The number of benzene rings is 2. The molecule has 5 rings (SSSR count). The van der Waals surface area contributed by atoms with Crippen molar-refractivity contribution in [2.45, 2.75) is 38.2 Å². The summed E-state index contributed by atoms with van der Waals surface area (Å²) in [5, 5.41) is 21.2. The van der Waals surface area contributed by atoms with Gasteiger partial charge in [-0.3, -0.25) is 14.2 Å². The van der Waals surface area contributed by atoms with Crippen LogP contribution in [0.4, 0.5) is 0 Å². The van der Waals surface area contributed by atoms with Crippen LogP contribution in [0.2, 0.25) is 0 Å². The van der Waals surface area contributed by atoms with Crippen molar-refractivity contribution in [3.63, 3.8) is 0 Å². The zero-order chi connectivity index (χ0) is 21.1. The number of aromatic nitrogens is 4. The third kappa shape index (κ3) is 3.87. The minimum Gasteiger partial charge on any atom is -0.386 e. The lowest BCUT2D eigenvalue weighted by Crippen LogP contribution is -2.16. The largest absolute Gasteiger partial charge is 0.386 e. The molecule has 1 saturated carbocycles. The van der Waals surface area contributed by atoms with E-state index in [4.69, 9.17) is 0 Å². The number of rotatable bonds is 3. The molecule has 6 heteroatoms. The molecule has 1 unspecified atom stereocenters. The van der Waals surface area contributed by atoms with E-state index in [1.807, 2.05) is 55.2 Å². The van der Waals surface area contributed by atoms with Gasteiger partial charge in [-0.2, -0.15) is 10.2 Å². The molecule has 0 radical (unpaired) electrons. The van der Waals surface area contributed by atoms with Crippen LogP contribution < -0.4 is 0 Å². The highest BCUT2D eigenvalue weighted by Gasteiger charge is 2.26. The highest BCUT2D eigenvalue weighted by atomic mass is 16.3. The standard InChI is InChI=1S/C15H20N2O.C9H8N2O/c1-17-13-10-6-5-9-12(13)14(16-17)15(18)11-7-3-2-4-8-11;1-11-9-5-3-2-4-7(9)8(6-12)10-11/h5-6,9-11,15,18H,2-4,7-8H2,1H3;2-6H,1H3. The van der Waals surface area contributed by atoms with Gasteiger partial charge in [-0.1, -0.05) is 55.7 Å². The first kappa shape index (κ1) is 20.3. The zero-order valence-corrected chi connectivity index (χ0v) is 17.5. The number of carbonyl (C=O) groups is 1. The first-order valence-electron chi connectivity index (χ1n) is 10.6. The van der Waals surface area contributed by atoms with Crippen LogP contribution in [0.25, 0.3) is 21.8 Å². The Morgan fingerprint density at radius 3 is 2.13 bits per heavy atom. The monoisotopic (exact) mass is 404 g/mol. The Hall–Kier alpha value is -2.99. The number of aldehydes is 1. The van der Waals surface area contributed by atoms with Crippen molar-refractivity contribution in [3.8, 4) is 0 Å². The molecule has 1 fully saturated rings. The van der Waals surface area contributed by atoms with Crippen molar-refractivity contribution in [1.82, 2.24) is 19.6 Å². The van der Waals surface area contributed by atoms with Gasteiger partial charge in [0.1, 0.15) is 11.8 Å². The van der Waals surface area contributed by atoms with Crippen LogP contribution in [0.1, 0.15) is 54.4 Å². The van der Waals surface area contributed by atoms with E-state index in [0.29, 0.717) is 11.6 Å². The number of aliphatic hydroxyl groups excluding tert-OH is 1. The Morgan fingerprint density at radius 1 is 0.900 bits per heavy atom. The average molecular weight is 405 g/mol.